The molecule has 1 aromatic heterocycles. The summed E-state index contributed by atoms with van der Waals surface area (Å²) in [5, 5.41) is 23.3. The molecular formula is C9H10N2O4. The quantitative estimate of drug-likeness (QED) is 0.382. The number of aromatic amines is 1. The molecule has 3 N–H and O–H groups in total. The number of aromatic nitrogens is 1. The Morgan fingerprint density at radius 2 is 2.00 bits per heavy atom. The first-order valence-corrected chi connectivity index (χ1v) is 4.10. The van der Waals surface area contributed by atoms with Crippen LogP contribution in [0.2, 0.25) is 0 Å². The van der Waals surface area contributed by atoms with Crippen molar-refractivity contribution in [3.05, 3.63) is 40.1 Å². The van der Waals surface area contributed by atoms with Crippen LogP contribution in [0.15, 0.2) is 24.3 Å². The Bertz CT molecular complexity index is 478. The molecule has 0 unspecified atom stereocenters. The SMILES string of the molecule is Cc1cc2cc([N+](=O)[O-])ccc2[nH]1.OO. The van der Waals surface area contributed by atoms with Crippen LogP contribution < -0.4 is 0 Å². The van der Waals surface area contributed by atoms with E-state index in [0.29, 0.717) is 0 Å². The summed E-state index contributed by atoms with van der Waals surface area (Å²) in [7, 11) is 0. The number of hydrogen-bond donors (Lipinski definition) is 3. The Balaban J connectivity index is 0.000000531. The highest BCUT2D eigenvalue weighted by Crippen LogP contribution is 2.20. The van der Waals surface area contributed by atoms with E-state index >= 15 is 0 Å². The van der Waals surface area contributed by atoms with E-state index in [2.05, 4.69) is 4.98 Å². The summed E-state index contributed by atoms with van der Waals surface area (Å²) < 4.78 is 0. The van der Waals surface area contributed by atoms with Crippen LogP contribution in [0.5, 0.6) is 0 Å². The molecule has 0 aliphatic heterocycles. The molecule has 0 amide bonds. The Morgan fingerprint density at radius 1 is 1.33 bits per heavy atom. The maximum absolute atomic E-state index is 10.4. The summed E-state index contributed by atoms with van der Waals surface area (Å²) in [5.41, 5.74) is 2.07. The van der Waals surface area contributed by atoms with Gasteiger partial charge in [-0.25, -0.2) is 0 Å². The van der Waals surface area contributed by atoms with Crippen molar-refractivity contribution in [2.45, 2.75) is 6.92 Å². The van der Waals surface area contributed by atoms with E-state index in [-0.39, 0.29) is 10.6 Å². The lowest BCUT2D eigenvalue weighted by Gasteiger charge is -1.90. The number of nitro benzene ring substituents is 1. The van der Waals surface area contributed by atoms with Gasteiger partial charge >= 0.3 is 0 Å². The van der Waals surface area contributed by atoms with Gasteiger partial charge in [-0.05, 0) is 19.1 Å². The molecule has 6 heteroatoms. The minimum Gasteiger partial charge on any atom is -0.359 e. The molecule has 15 heavy (non-hydrogen) atoms. The Morgan fingerprint density at radius 3 is 2.60 bits per heavy atom. The summed E-state index contributed by atoms with van der Waals surface area (Å²) >= 11 is 0. The van der Waals surface area contributed by atoms with Crippen LogP contribution in [0.1, 0.15) is 5.69 Å². The second-order valence-corrected chi connectivity index (χ2v) is 2.98. The van der Waals surface area contributed by atoms with Crippen LogP contribution in [0.25, 0.3) is 10.9 Å². The molecule has 2 rings (SSSR count). The van der Waals surface area contributed by atoms with Crippen molar-refractivity contribution in [3.63, 3.8) is 0 Å². The molecule has 0 saturated heterocycles. The van der Waals surface area contributed by atoms with Crippen molar-refractivity contribution in [3.8, 4) is 0 Å². The number of nitro groups is 1. The molecule has 0 spiro atoms. The van der Waals surface area contributed by atoms with Gasteiger partial charge in [-0.2, -0.15) is 0 Å². The van der Waals surface area contributed by atoms with Crippen LogP contribution in [0, 0.1) is 17.0 Å². The highest BCUT2D eigenvalue weighted by molar-refractivity contribution is 5.82. The number of hydrogen-bond acceptors (Lipinski definition) is 4. The molecule has 2 aromatic rings. The molecule has 0 radical (unpaired) electrons. The first kappa shape index (κ1) is 11.2. The third-order valence-electron chi connectivity index (χ3n) is 1.95. The van der Waals surface area contributed by atoms with Gasteiger partial charge in [0.25, 0.3) is 5.69 Å². The fourth-order valence-corrected chi connectivity index (χ4v) is 1.38. The lowest BCUT2D eigenvalue weighted by atomic mass is 10.2. The molecule has 0 fully saturated rings. The first-order valence-electron chi connectivity index (χ1n) is 4.10. The molecule has 0 aliphatic rings. The Hall–Kier alpha value is -1.92. The normalized spacial score (nSPS) is 9.53. The molecule has 1 aromatic carbocycles. The van der Waals surface area contributed by atoms with E-state index in [0.717, 1.165) is 16.6 Å². The lowest BCUT2D eigenvalue weighted by Crippen LogP contribution is -1.86. The number of non-ortho nitro benzene ring substituents is 1. The topological polar surface area (TPSA) is 99.4 Å². The van der Waals surface area contributed by atoms with E-state index in [4.69, 9.17) is 10.5 Å². The number of benzene rings is 1. The van der Waals surface area contributed by atoms with Crippen molar-refractivity contribution in [1.29, 1.82) is 0 Å². The molecule has 80 valence electrons. The molecule has 6 nitrogen and oxygen atoms in total. The standard InChI is InChI=1S/C9H8N2O2.H2O2/c1-6-4-7-5-8(11(12)13)2-3-9(7)10-6;1-2/h2-5,10H,1H3;1-2H. The van der Waals surface area contributed by atoms with Crippen LogP contribution >= 0.6 is 0 Å². The van der Waals surface area contributed by atoms with Gasteiger partial charge < -0.3 is 4.98 Å². The van der Waals surface area contributed by atoms with Gasteiger partial charge in [0.15, 0.2) is 0 Å². The number of nitrogens with one attached hydrogen (secondary N) is 1. The smallest absolute Gasteiger partial charge is 0.270 e. The van der Waals surface area contributed by atoms with Crippen molar-refractivity contribution < 1.29 is 15.4 Å². The maximum Gasteiger partial charge on any atom is 0.270 e. The van der Waals surface area contributed by atoms with Gasteiger partial charge in [0, 0.05) is 28.7 Å². The number of H-pyrrole nitrogens is 1. The van der Waals surface area contributed by atoms with Gasteiger partial charge in [-0.1, -0.05) is 0 Å². The van der Waals surface area contributed by atoms with Crippen LogP contribution in [-0.4, -0.2) is 20.4 Å². The summed E-state index contributed by atoms with van der Waals surface area (Å²) in [4.78, 5) is 13.2. The first-order chi connectivity index (χ1) is 7.16. The van der Waals surface area contributed by atoms with Crippen molar-refractivity contribution in [1.82, 2.24) is 4.98 Å². The molecule has 0 atom stereocenters. The van der Waals surface area contributed by atoms with Crippen LogP contribution in [0.4, 0.5) is 5.69 Å². The Labute approximate surface area is 84.9 Å². The van der Waals surface area contributed by atoms with Crippen molar-refractivity contribution >= 4 is 16.6 Å². The maximum atomic E-state index is 10.4. The summed E-state index contributed by atoms with van der Waals surface area (Å²) in [6.45, 7) is 1.92. The summed E-state index contributed by atoms with van der Waals surface area (Å²) in [5.74, 6) is 0. The summed E-state index contributed by atoms with van der Waals surface area (Å²) in [6, 6.07) is 6.68. The zero-order valence-electron chi connectivity index (χ0n) is 7.97. The third-order valence-corrected chi connectivity index (χ3v) is 1.95. The zero-order chi connectivity index (χ0) is 11.4. The van der Waals surface area contributed by atoms with Crippen molar-refractivity contribution in [2.24, 2.45) is 0 Å². The van der Waals surface area contributed by atoms with Gasteiger partial charge in [-0.3, -0.25) is 20.6 Å². The van der Waals surface area contributed by atoms with Crippen molar-refractivity contribution in [2.75, 3.05) is 0 Å². The summed E-state index contributed by atoms with van der Waals surface area (Å²) in [6.07, 6.45) is 0. The number of rotatable bonds is 1. The second kappa shape index (κ2) is 4.54. The molecule has 0 saturated carbocycles. The highest BCUT2D eigenvalue weighted by atomic mass is 17.0. The average molecular weight is 210 g/mol. The van der Waals surface area contributed by atoms with Crippen LogP contribution in [0.3, 0.4) is 0 Å². The van der Waals surface area contributed by atoms with Crippen LogP contribution in [-0.2, 0) is 0 Å². The fourth-order valence-electron chi connectivity index (χ4n) is 1.38. The van der Waals surface area contributed by atoms with E-state index < -0.39 is 0 Å². The number of aryl methyl sites for hydroxylation is 1. The number of nitrogens with zero attached hydrogens (tertiary/aromatic N) is 1. The third kappa shape index (κ3) is 2.30. The van der Waals surface area contributed by atoms with Gasteiger partial charge in [0.05, 0.1) is 4.92 Å². The predicted octanol–water partition coefficient (Wildman–Crippen LogP) is 2.40. The second-order valence-electron chi connectivity index (χ2n) is 2.98. The van der Waals surface area contributed by atoms with Gasteiger partial charge in [0.1, 0.15) is 0 Å². The van der Waals surface area contributed by atoms with Gasteiger partial charge in [-0.15, -0.1) is 0 Å². The largest absolute Gasteiger partial charge is 0.359 e. The minimum absolute atomic E-state index is 0.131. The van der Waals surface area contributed by atoms with Gasteiger partial charge in [0.2, 0.25) is 0 Å². The number of fused-ring (bicyclic) bond motifs is 1. The van der Waals surface area contributed by atoms with E-state index in [1.807, 2.05) is 13.0 Å². The minimum atomic E-state index is -0.387. The molecule has 0 bridgehead atoms. The fraction of sp³-hybridized carbons (Fsp3) is 0.111. The van der Waals surface area contributed by atoms with E-state index in [9.17, 15) is 10.1 Å². The lowest BCUT2D eigenvalue weighted by molar-refractivity contribution is -0.384. The highest BCUT2D eigenvalue weighted by Gasteiger charge is 2.06. The zero-order valence-corrected chi connectivity index (χ0v) is 7.97. The van der Waals surface area contributed by atoms with E-state index in [1.54, 1.807) is 12.1 Å². The molecular weight excluding hydrogens is 200 g/mol. The molecule has 1 heterocycles. The monoisotopic (exact) mass is 210 g/mol. The van der Waals surface area contributed by atoms with E-state index in [1.165, 1.54) is 6.07 Å². The average Bonchev–Trinajstić information content (AvgIpc) is 2.59. The molecule has 0 aliphatic carbocycles. The Kier molecular flexibility index (Phi) is 3.37. The predicted molar refractivity (Wildman–Crippen MR) is 54.9 cm³/mol.